The van der Waals surface area contributed by atoms with Gasteiger partial charge in [-0.3, -0.25) is 0 Å². The molecule has 1 amide bonds. The first kappa shape index (κ1) is 11.1. The molecule has 4 nitrogen and oxygen atoms in total. The van der Waals surface area contributed by atoms with Crippen molar-refractivity contribution in [1.29, 1.82) is 0 Å². The summed E-state index contributed by atoms with van der Waals surface area (Å²) in [6, 6.07) is 9.67. The number of methoxy groups -OCH3 is 1. The van der Waals surface area contributed by atoms with Crippen LogP contribution in [0.4, 0.5) is 4.79 Å². The number of hydrogen-bond acceptors (Lipinski definition) is 3. The number of allylic oxidation sites excluding steroid dienone is 1. The van der Waals surface area contributed by atoms with Gasteiger partial charge in [0.1, 0.15) is 0 Å². The third-order valence-electron chi connectivity index (χ3n) is 1.64. The van der Waals surface area contributed by atoms with Crippen LogP contribution in [0.1, 0.15) is 12.5 Å². The van der Waals surface area contributed by atoms with E-state index in [2.05, 4.69) is 15.0 Å². The molecule has 78 valence electrons. The van der Waals surface area contributed by atoms with E-state index in [1.165, 1.54) is 7.11 Å². The van der Waals surface area contributed by atoms with Crippen LogP contribution in [0.2, 0.25) is 0 Å². The SMILES string of the molecule is COC(=O)N=N/C(C)=C/c1ccccc1. The van der Waals surface area contributed by atoms with E-state index in [0.717, 1.165) is 5.56 Å². The summed E-state index contributed by atoms with van der Waals surface area (Å²) in [7, 11) is 1.26. The predicted octanol–water partition coefficient (Wildman–Crippen LogP) is 3.27. The molecule has 1 aromatic rings. The van der Waals surface area contributed by atoms with Crippen LogP contribution in [0, 0.1) is 0 Å². The number of carbonyl (C=O) groups excluding carboxylic acids is 1. The second kappa shape index (κ2) is 5.70. The first-order valence-electron chi connectivity index (χ1n) is 4.45. The van der Waals surface area contributed by atoms with Crippen LogP contribution in [-0.4, -0.2) is 13.2 Å². The Balaban J connectivity index is 2.69. The van der Waals surface area contributed by atoms with Crippen molar-refractivity contribution < 1.29 is 9.53 Å². The lowest BCUT2D eigenvalue weighted by Gasteiger charge is -1.93. The molecule has 0 bridgehead atoms. The molecule has 0 spiro atoms. The van der Waals surface area contributed by atoms with Gasteiger partial charge in [0.25, 0.3) is 0 Å². The Morgan fingerprint density at radius 3 is 2.53 bits per heavy atom. The number of amides is 1. The molecule has 0 aliphatic heterocycles. The molecule has 0 radical (unpaired) electrons. The van der Waals surface area contributed by atoms with Crippen molar-refractivity contribution in [1.82, 2.24) is 0 Å². The summed E-state index contributed by atoms with van der Waals surface area (Å²) < 4.78 is 4.32. The van der Waals surface area contributed by atoms with E-state index in [-0.39, 0.29) is 0 Å². The molecule has 0 heterocycles. The van der Waals surface area contributed by atoms with Crippen LogP contribution in [0.3, 0.4) is 0 Å². The van der Waals surface area contributed by atoms with Gasteiger partial charge >= 0.3 is 6.09 Å². The quantitative estimate of drug-likeness (QED) is 0.694. The maximum atomic E-state index is 10.7. The van der Waals surface area contributed by atoms with Crippen LogP contribution >= 0.6 is 0 Å². The van der Waals surface area contributed by atoms with Crippen molar-refractivity contribution in [3.05, 3.63) is 41.6 Å². The van der Waals surface area contributed by atoms with E-state index in [9.17, 15) is 4.79 Å². The molecular weight excluding hydrogens is 192 g/mol. The summed E-state index contributed by atoms with van der Waals surface area (Å²) >= 11 is 0. The number of carbonyl (C=O) groups is 1. The van der Waals surface area contributed by atoms with Crippen LogP contribution in [0.25, 0.3) is 6.08 Å². The van der Waals surface area contributed by atoms with E-state index in [0.29, 0.717) is 5.70 Å². The van der Waals surface area contributed by atoms with E-state index in [1.54, 1.807) is 6.92 Å². The van der Waals surface area contributed by atoms with Gasteiger partial charge in [-0.25, -0.2) is 4.79 Å². The Bertz CT molecular complexity index is 383. The summed E-state index contributed by atoms with van der Waals surface area (Å²) in [5.74, 6) is 0. The maximum absolute atomic E-state index is 10.7. The Morgan fingerprint density at radius 2 is 1.93 bits per heavy atom. The highest BCUT2D eigenvalue weighted by Crippen LogP contribution is 2.07. The fraction of sp³-hybridized carbons (Fsp3) is 0.182. The molecule has 0 saturated carbocycles. The number of hydrogen-bond donors (Lipinski definition) is 0. The molecule has 0 saturated heterocycles. The minimum atomic E-state index is -0.698. The Kier molecular flexibility index (Phi) is 4.22. The van der Waals surface area contributed by atoms with Crippen molar-refractivity contribution in [2.24, 2.45) is 10.2 Å². The maximum Gasteiger partial charge on any atom is 0.452 e. The zero-order chi connectivity index (χ0) is 11.1. The highest BCUT2D eigenvalue weighted by molar-refractivity contribution is 5.67. The minimum absolute atomic E-state index is 0.645. The first-order valence-corrected chi connectivity index (χ1v) is 4.45. The molecule has 1 rings (SSSR count). The van der Waals surface area contributed by atoms with Crippen molar-refractivity contribution >= 4 is 12.2 Å². The van der Waals surface area contributed by atoms with E-state index in [4.69, 9.17) is 0 Å². The third kappa shape index (κ3) is 4.17. The molecule has 0 atom stereocenters. The van der Waals surface area contributed by atoms with E-state index >= 15 is 0 Å². The summed E-state index contributed by atoms with van der Waals surface area (Å²) in [5.41, 5.74) is 1.66. The lowest BCUT2D eigenvalue weighted by molar-refractivity contribution is 0.180. The van der Waals surface area contributed by atoms with Crippen LogP contribution < -0.4 is 0 Å². The molecule has 0 aliphatic rings. The van der Waals surface area contributed by atoms with Crippen molar-refractivity contribution in [2.75, 3.05) is 7.11 Å². The summed E-state index contributed by atoms with van der Waals surface area (Å²) in [4.78, 5) is 10.7. The smallest absolute Gasteiger partial charge is 0.450 e. The zero-order valence-electron chi connectivity index (χ0n) is 8.68. The summed E-state index contributed by atoms with van der Waals surface area (Å²) in [6.07, 6.45) is 1.13. The van der Waals surface area contributed by atoms with Crippen molar-refractivity contribution in [3.63, 3.8) is 0 Å². The predicted molar refractivity (Wildman–Crippen MR) is 57.4 cm³/mol. The van der Waals surface area contributed by atoms with Gasteiger partial charge < -0.3 is 4.74 Å². The minimum Gasteiger partial charge on any atom is -0.450 e. The molecule has 0 fully saturated rings. The second-order valence-electron chi connectivity index (χ2n) is 2.87. The van der Waals surface area contributed by atoms with Gasteiger partial charge in [0.15, 0.2) is 0 Å². The van der Waals surface area contributed by atoms with Crippen LogP contribution in [-0.2, 0) is 4.74 Å². The molecule has 15 heavy (non-hydrogen) atoms. The van der Waals surface area contributed by atoms with Gasteiger partial charge in [-0.1, -0.05) is 35.4 Å². The first-order chi connectivity index (χ1) is 7.22. The Labute approximate surface area is 88.3 Å². The molecular formula is C11H12N2O2. The lowest BCUT2D eigenvalue weighted by Crippen LogP contribution is -1.89. The topological polar surface area (TPSA) is 51.0 Å². The number of nitrogens with zero attached hydrogens (tertiary/aromatic N) is 2. The summed E-state index contributed by atoms with van der Waals surface area (Å²) in [6.45, 7) is 1.76. The molecule has 0 aliphatic carbocycles. The average Bonchev–Trinajstić information content (AvgIpc) is 2.27. The largest absolute Gasteiger partial charge is 0.452 e. The zero-order valence-corrected chi connectivity index (χ0v) is 8.68. The van der Waals surface area contributed by atoms with E-state index < -0.39 is 6.09 Å². The molecule has 1 aromatic carbocycles. The van der Waals surface area contributed by atoms with Gasteiger partial charge in [-0.15, -0.1) is 5.11 Å². The third-order valence-corrected chi connectivity index (χ3v) is 1.64. The Hall–Kier alpha value is -1.97. The van der Waals surface area contributed by atoms with Gasteiger partial charge in [0.2, 0.25) is 0 Å². The molecule has 0 aromatic heterocycles. The number of azo groups is 1. The number of ether oxygens (including phenoxy) is 1. The fourth-order valence-corrected chi connectivity index (χ4v) is 0.980. The van der Waals surface area contributed by atoms with Crippen molar-refractivity contribution in [2.45, 2.75) is 6.92 Å². The number of benzene rings is 1. The highest BCUT2D eigenvalue weighted by atomic mass is 16.5. The number of rotatable bonds is 2. The van der Waals surface area contributed by atoms with Gasteiger partial charge in [0.05, 0.1) is 12.8 Å². The van der Waals surface area contributed by atoms with Crippen LogP contribution in [0.15, 0.2) is 46.3 Å². The fourth-order valence-electron chi connectivity index (χ4n) is 0.980. The van der Waals surface area contributed by atoms with Crippen LogP contribution in [0.5, 0.6) is 0 Å². The summed E-state index contributed by atoms with van der Waals surface area (Å²) in [5, 5.41) is 7.04. The lowest BCUT2D eigenvalue weighted by atomic mass is 10.2. The molecule has 4 heteroatoms. The van der Waals surface area contributed by atoms with Gasteiger partial charge in [-0.2, -0.15) is 0 Å². The van der Waals surface area contributed by atoms with E-state index in [1.807, 2.05) is 36.4 Å². The second-order valence-corrected chi connectivity index (χ2v) is 2.87. The highest BCUT2D eigenvalue weighted by Gasteiger charge is 1.93. The van der Waals surface area contributed by atoms with Gasteiger partial charge in [-0.05, 0) is 18.6 Å². The Morgan fingerprint density at radius 1 is 1.27 bits per heavy atom. The molecule has 0 N–H and O–H groups in total. The normalized spacial score (nSPS) is 11.7. The van der Waals surface area contributed by atoms with Crippen molar-refractivity contribution in [3.8, 4) is 0 Å². The van der Waals surface area contributed by atoms with Gasteiger partial charge in [0, 0.05) is 0 Å². The monoisotopic (exact) mass is 204 g/mol. The molecule has 0 unspecified atom stereocenters. The standard InChI is InChI=1S/C11H12N2O2/c1-9(12-13-11(14)15-2)8-10-6-4-3-5-7-10/h3-8H,1-2H3/b9-8+,13-12?. The average molecular weight is 204 g/mol.